The maximum atomic E-state index is 10.6. The van der Waals surface area contributed by atoms with Crippen molar-refractivity contribution in [2.45, 2.75) is 31.8 Å². The largest absolute Gasteiger partial charge is 0.481 e. The van der Waals surface area contributed by atoms with Crippen LogP contribution >= 0.6 is 0 Å². The number of aliphatic carboxylic acids is 1. The average molecular weight is 256 g/mol. The van der Waals surface area contributed by atoms with Crippen LogP contribution in [0.25, 0.3) is 10.8 Å². The van der Waals surface area contributed by atoms with E-state index in [1.165, 1.54) is 16.5 Å². The summed E-state index contributed by atoms with van der Waals surface area (Å²) in [5.74, 6) is -0.869. The molecular formula is C16H16O3. The topological polar surface area (TPSA) is 57.5 Å². The Hall–Kier alpha value is -1.87. The van der Waals surface area contributed by atoms with E-state index in [-0.39, 0.29) is 12.8 Å². The number of aliphatic hydroxyl groups excluding tert-OH is 1. The Kier molecular flexibility index (Phi) is 2.99. The lowest BCUT2D eigenvalue weighted by atomic mass is 9.97. The molecule has 3 nitrogen and oxygen atoms in total. The van der Waals surface area contributed by atoms with E-state index in [0.717, 1.165) is 23.8 Å². The quantitative estimate of drug-likeness (QED) is 0.884. The van der Waals surface area contributed by atoms with E-state index in [4.69, 9.17) is 5.11 Å². The minimum atomic E-state index is -0.869. The lowest BCUT2D eigenvalue weighted by molar-refractivity contribution is -0.137. The van der Waals surface area contributed by atoms with Gasteiger partial charge in [0.25, 0.3) is 0 Å². The zero-order chi connectivity index (χ0) is 13.4. The lowest BCUT2D eigenvalue weighted by Crippen LogP contribution is -2.03. The Labute approximate surface area is 111 Å². The highest BCUT2D eigenvalue weighted by Crippen LogP contribution is 2.34. The fraction of sp³-hybridized carbons (Fsp3) is 0.312. The number of aliphatic hydroxyl groups is 1. The molecule has 1 aliphatic rings. The molecule has 3 rings (SSSR count). The third-order valence-electron chi connectivity index (χ3n) is 3.85. The molecule has 98 valence electrons. The maximum absolute atomic E-state index is 10.6. The fourth-order valence-corrected chi connectivity index (χ4v) is 2.92. The molecule has 0 aliphatic heterocycles. The van der Waals surface area contributed by atoms with Gasteiger partial charge >= 0.3 is 5.97 Å². The van der Waals surface area contributed by atoms with Gasteiger partial charge in [0.05, 0.1) is 6.10 Å². The van der Waals surface area contributed by atoms with E-state index < -0.39 is 12.1 Å². The molecule has 2 N–H and O–H groups in total. The molecule has 0 saturated carbocycles. The Morgan fingerprint density at radius 3 is 2.79 bits per heavy atom. The van der Waals surface area contributed by atoms with Crippen LogP contribution in [0.3, 0.4) is 0 Å². The summed E-state index contributed by atoms with van der Waals surface area (Å²) in [5, 5.41) is 21.2. The molecule has 0 amide bonds. The monoisotopic (exact) mass is 256 g/mol. The third-order valence-corrected chi connectivity index (χ3v) is 3.85. The first-order valence-electron chi connectivity index (χ1n) is 6.59. The molecule has 0 spiro atoms. The summed E-state index contributed by atoms with van der Waals surface area (Å²) < 4.78 is 0. The van der Waals surface area contributed by atoms with Gasteiger partial charge in [-0.2, -0.15) is 0 Å². The number of aryl methyl sites for hydroxylation is 2. The van der Waals surface area contributed by atoms with Crippen molar-refractivity contribution < 1.29 is 15.0 Å². The predicted octanol–water partition coefficient (Wildman–Crippen LogP) is 2.84. The van der Waals surface area contributed by atoms with Gasteiger partial charge in [-0.1, -0.05) is 24.3 Å². The molecule has 2 aromatic rings. The summed E-state index contributed by atoms with van der Waals surface area (Å²) in [6.45, 7) is 0. The number of rotatable bonds is 4. The first-order chi connectivity index (χ1) is 9.15. The second kappa shape index (κ2) is 4.67. The molecule has 2 aromatic carbocycles. The highest BCUT2D eigenvalue weighted by Gasteiger charge is 2.17. The summed E-state index contributed by atoms with van der Waals surface area (Å²) in [4.78, 5) is 10.6. The minimum absolute atomic E-state index is 0.00538. The van der Waals surface area contributed by atoms with Crippen molar-refractivity contribution in [3.05, 3.63) is 47.0 Å². The summed E-state index contributed by atoms with van der Waals surface area (Å²) in [7, 11) is 0. The van der Waals surface area contributed by atoms with Crippen LogP contribution in [0.1, 0.15) is 35.6 Å². The minimum Gasteiger partial charge on any atom is -0.481 e. The van der Waals surface area contributed by atoms with E-state index >= 15 is 0 Å². The van der Waals surface area contributed by atoms with Crippen molar-refractivity contribution in [1.82, 2.24) is 0 Å². The molecule has 3 heteroatoms. The van der Waals surface area contributed by atoms with Gasteiger partial charge < -0.3 is 10.2 Å². The molecule has 0 radical (unpaired) electrons. The van der Waals surface area contributed by atoms with Gasteiger partial charge in [-0.3, -0.25) is 4.79 Å². The van der Waals surface area contributed by atoms with Gasteiger partial charge in [0.2, 0.25) is 0 Å². The molecule has 0 saturated heterocycles. The Morgan fingerprint density at radius 2 is 2.00 bits per heavy atom. The summed E-state index contributed by atoms with van der Waals surface area (Å²) in [6.07, 6.45) is 1.63. The van der Waals surface area contributed by atoms with Crippen molar-refractivity contribution in [3.63, 3.8) is 0 Å². The number of carboxylic acid groups (broad SMARTS) is 1. The van der Waals surface area contributed by atoms with E-state index in [0.29, 0.717) is 0 Å². The van der Waals surface area contributed by atoms with Crippen molar-refractivity contribution in [1.29, 1.82) is 0 Å². The Balaban J connectivity index is 1.97. The normalized spacial score (nSPS) is 14.8. The Morgan fingerprint density at radius 1 is 1.21 bits per heavy atom. The van der Waals surface area contributed by atoms with Gasteiger partial charge in [-0.15, -0.1) is 0 Å². The summed E-state index contributed by atoms with van der Waals surface area (Å²) in [6, 6.07) is 10.3. The van der Waals surface area contributed by atoms with Crippen LogP contribution in [0.5, 0.6) is 0 Å². The second-order valence-electron chi connectivity index (χ2n) is 5.14. The maximum Gasteiger partial charge on any atom is 0.303 e. The molecule has 0 heterocycles. The average Bonchev–Trinajstić information content (AvgIpc) is 2.81. The first kappa shape index (κ1) is 12.2. The third kappa shape index (κ3) is 2.22. The lowest BCUT2D eigenvalue weighted by Gasteiger charge is -2.12. The standard InChI is InChI=1S/C16H16O3/c17-14(6-7-15(18)19)13-8-11-3-1-2-10-4-5-12(9-13)16(10)11/h1-3,8-9,14,17H,4-7H2,(H,18,19). The van der Waals surface area contributed by atoms with Crippen LogP contribution in [0.2, 0.25) is 0 Å². The van der Waals surface area contributed by atoms with Crippen LogP contribution in [0.15, 0.2) is 30.3 Å². The number of benzene rings is 2. The van der Waals surface area contributed by atoms with Crippen LogP contribution in [-0.4, -0.2) is 16.2 Å². The van der Waals surface area contributed by atoms with Gasteiger partial charge in [0, 0.05) is 6.42 Å². The highest BCUT2D eigenvalue weighted by molar-refractivity contribution is 5.91. The van der Waals surface area contributed by atoms with E-state index in [1.807, 2.05) is 18.2 Å². The molecule has 0 aromatic heterocycles. The number of hydrogen-bond donors (Lipinski definition) is 2. The van der Waals surface area contributed by atoms with Crippen molar-refractivity contribution in [3.8, 4) is 0 Å². The van der Waals surface area contributed by atoms with E-state index in [2.05, 4.69) is 12.1 Å². The van der Waals surface area contributed by atoms with Crippen LogP contribution < -0.4 is 0 Å². The van der Waals surface area contributed by atoms with Crippen LogP contribution in [0.4, 0.5) is 0 Å². The zero-order valence-corrected chi connectivity index (χ0v) is 10.6. The molecule has 1 aliphatic carbocycles. The highest BCUT2D eigenvalue weighted by atomic mass is 16.4. The summed E-state index contributed by atoms with van der Waals surface area (Å²) in [5.41, 5.74) is 3.49. The molecule has 0 fully saturated rings. The number of carbonyl (C=O) groups is 1. The number of carboxylic acids is 1. The fourth-order valence-electron chi connectivity index (χ4n) is 2.92. The SMILES string of the molecule is O=C(O)CCC(O)c1cc2c3c(cccc3c1)CC2. The molecular weight excluding hydrogens is 240 g/mol. The van der Waals surface area contributed by atoms with Gasteiger partial charge in [-0.05, 0) is 52.8 Å². The zero-order valence-electron chi connectivity index (χ0n) is 10.6. The first-order valence-corrected chi connectivity index (χ1v) is 6.59. The van der Waals surface area contributed by atoms with Crippen molar-refractivity contribution in [2.75, 3.05) is 0 Å². The van der Waals surface area contributed by atoms with Crippen LogP contribution in [0, 0.1) is 0 Å². The van der Waals surface area contributed by atoms with Gasteiger partial charge in [0.1, 0.15) is 0 Å². The predicted molar refractivity (Wildman–Crippen MR) is 73.2 cm³/mol. The van der Waals surface area contributed by atoms with E-state index in [1.54, 1.807) is 0 Å². The van der Waals surface area contributed by atoms with Gasteiger partial charge in [-0.25, -0.2) is 0 Å². The molecule has 19 heavy (non-hydrogen) atoms. The molecule has 1 unspecified atom stereocenters. The second-order valence-corrected chi connectivity index (χ2v) is 5.14. The molecule has 1 atom stereocenters. The van der Waals surface area contributed by atoms with Crippen molar-refractivity contribution in [2.24, 2.45) is 0 Å². The Bertz CT molecular complexity index is 646. The van der Waals surface area contributed by atoms with E-state index in [9.17, 15) is 9.90 Å². The van der Waals surface area contributed by atoms with Gasteiger partial charge in [0.15, 0.2) is 0 Å². The smallest absolute Gasteiger partial charge is 0.303 e. The van der Waals surface area contributed by atoms with Crippen LogP contribution in [-0.2, 0) is 17.6 Å². The molecule has 0 bridgehead atoms. The van der Waals surface area contributed by atoms with Crippen molar-refractivity contribution >= 4 is 16.7 Å². The summed E-state index contributed by atoms with van der Waals surface area (Å²) >= 11 is 0. The number of hydrogen-bond acceptors (Lipinski definition) is 2.